The molecule has 31 heavy (non-hydrogen) atoms. The Morgan fingerprint density at radius 2 is 2.16 bits per heavy atom. The fourth-order valence-electron chi connectivity index (χ4n) is 3.20. The van der Waals surface area contributed by atoms with Crippen LogP contribution in [0.15, 0.2) is 36.5 Å². The van der Waals surface area contributed by atoms with Crippen molar-refractivity contribution in [2.75, 3.05) is 32.6 Å². The van der Waals surface area contributed by atoms with Crippen LogP contribution in [0.2, 0.25) is 0 Å². The Bertz CT molecular complexity index is 974. The zero-order valence-electron chi connectivity index (χ0n) is 18.1. The van der Waals surface area contributed by atoms with Crippen LogP contribution in [0, 0.1) is 0 Å². The van der Waals surface area contributed by atoms with Crippen molar-refractivity contribution in [2.24, 2.45) is 0 Å². The van der Waals surface area contributed by atoms with E-state index in [0.717, 1.165) is 23.1 Å². The highest BCUT2D eigenvalue weighted by Crippen LogP contribution is 2.32. The molecule has 0 atom stereocenters. The SMILES string of the molecule is CCCOc1c(CN(C)C(=O)/C=C/c2cnc3c(c2)CNCC(=O)N3)cccc1OC. The molecular formula is C23H28N4O4. The van der Waals surface area contributed by atoms with Gasteiger partial charge in [0.2, 0.25) is 11.8 Å². The Labute approximate surface area is 182 Å². The molecule has 2 aromatic rings. The highest BCUT2D eigenvalue weighted by Gasteiger charge is 2.15. The summed E-state index contributed by atoms with van der Waals surface area (Å²) in [5, 5.41) is 5.80. The molecule has 2 N–H and O–H groups in total. The zero-order chi connectivity index (χ0) is 22.2. The number of anilines is 1. The van der Waals surface area contributed by atoms with Crippen LogP contribution in [-0.2, 0) is 22.7 Å². The maximum Gasteiger partial charge on any atom is 0.246 e. The second-order valence-electron chi connectivity index (χ2n) is 7.25. The van der Waals surface area contributed by atoms with Crippen molar-refractivity contribution < 1.29 is 19.1 Å². The van der Waals surface area contributed by atoms with Gasteiger partial charge in [-0.05, 0) is 30.2 Å². The molecule has 1 aliphatic heterocycles. The molecule has 0 fully saturated rings. The number of rotatable bonds is 8. The van der Waals surface area contributed by atoms with Crippen LogP contribution in [0.1, 0.15) is 30.0 Å². The van der Waals surface area contributed by atoms with Gasteiger partial charge in [0, 0.05) is 43.5 Å². The molecular weight excluding hydrogens is 396 g/mol. The maximum absolute atomic E-state index is 12.7. The molecule has 1 aliphatic rings. The normalized spacial score (nSPS) is 13.3. The second kappa shape index (κ2) is 10.6. The van der Waals surface area contributed by atoms with Gasteiger partial charge in [0.05, 0.1) is 20.3 Å². The summed E-state index contributed by atoms with van der Waals surface area (Å²) in [4.78, 5) is 30.2. The molecule has 0 aliphatic carbocycles. The van der Waals surface area contributed by atoms with E-state index in [4.69, 9.17) is 9.47 Å². The molecule has 0 saturated heterocycles. The van der Waals surface area contributed by atoms with Crippen LogP contribution in [0.5, 0.6) is 11.5 Å². The Kier molecular flexibility index (Phi) is 7.61. The van der Waals surface area contributed by atoms with E-state index < -0.39 is 0 Å². The van der Waals surface area contributed by atoms with E-state index in [-0.39, 0.29) is 18.4 Å². The monoisotopic (exact) mass is 424 g/mol. The first kappa shape index (κ1) is 22.3. The minimum atomic E-state index is -0.148. The van der Waals surface area contributed by atoms with Crippen LogP contribution in [0.4, 0.5) is 5.82 Å². The first-order valence-corrected chi connectivity index (χ1v) is 10.2. The molecule has 1 aromatic carbocycles. The lowest BCUT2D eigenvalue weighted by molar-refractivity contribution is -0.125. The highest BCUT2D eigenvalue weighted by atomic mass is 16.5. The first-order valence-electron chi connectivity index (χ1n) is 10.2. The van der Waals surface area contributed by atoms with Crippen molar-refractivity contribution in [3.8, 4) is 11.5 Å². The number of nitrogens with one attached hydrogen (secondary N) is 2. The van der Waals surface area contributed by atoms with Crippen LogP contribution < -0.4 is 20.1 Å². The molecule has 0 radical (unpaired) electrons. The number of carbonyl (C=O) groups is 2. The number of hydrogen-bond acceptors (Lipinski definition) is 6. The van der Waals surface area contributed by atoms with E-state index in [1.807, 2.05) is 31.2 Å². The van der Waals surface area contributed by atoms with Crippen LogP contribution in [0.3, 0.4) is 0 Å². The number of amides is 2. The van der Waals surface area contributed by atoms with E-state index in [1.165, 1.54) is 6.08 Å². The minimum absolute atomic E-state index is 0.119. The molecule has 8 nitrogen and oxygen atoms in total. The molecule has 3 rings (SSSR count). The van der Waals surface area contributed by atoms with E-state index >= 15 is 0 Å². The third-order valence-corrected chi connectivity index (χ3v) is 4.78. The number of aromatic nitrogens is 1. The Hall–Kier alpha value is -3.39. The number of para-hydroxylation sites is 1. The molecule has 164 valence electrons. The number of benzene rings is 1. The summed E-state index contributed by atoms with van der Waals surface area (Å²) in [5.74, 6) is 1.60. The molecule has 0 bridgehead atoms. The fourth-order valence-corrected chi connectivity index (χ4v) is 3.20. The van der Waals surface area contributed by atoms with Gasteiger partial charge in [0.15, 0.2) is 11.5 Å². The number of ether oxygens (including phenoxy) is 2. The number of nitrogens with zero attached hydrogens (tertiary/aromatic N) is 2. The van der Waals surface area contributed by atoms with Gasteiger partial charge in [-0.1, -0.05) is 19.1 Å². The quantitative estimate of drug-likeness (QED) is 0.633. The Balaban J connectivity index is 1.69. The second-order valence-corrected chi connectivity index (χ2v) is 7.25. The number of methoxy groups -OCH3 is 1. The summed E-state index contributed by atoms with van der Waals surface area (Å²) in [6.45, 7) is 3.78. The van der Waals surface area contributed by atoms with Crippen molar-refractivity contribution in [3.05, 3.63) is 53.2 Å². The zero-order valence-corrected chi connectivity index (χ0v) is 18.1. The lowest BCUT2D eigenvalue weighted by Gasteiger charge is -2.19. The number of fused-ring (bicyclic) bond motifs is 1. The van der Waals surface area contributed by atoms with Gasteiger partial charge < -0.3 is 25.0 Å². The molecule has 2 heterocycles. The molecule has 0 spiro atoms. The molecule has 0 saturated carbocycles. The molecule has 8 heteroatoms. The Morgan fingerprint density at radius 1 is 1.32 bits per heavy atom. The van der Waals surface area contributed by atoms with E-state index in [0.29, 0.717) is 37.0 Å². The molecule has 2 amide bonds. The predicted molar refractivity (Wildman–Crippen MR) is 119 cm³/mol. The van der Waals surface area contributed by atoms with Gasteiger partial charge in [-0.15, -0.1) is 0 Å². The maximum atomic E-state index is 12.7. The van der Waals surface area contributed by atoms with E-state index in [2.05, 4.69) is 15.6 Å². The summed E-state index contributed by atoms with van der Waals surface area (Å²) in [7, 11) is 3.34. The standard InChI is InChI=1S/C23H28N4O4/c1-4-10-31-22-17(6-5-7-19(22)30-3)15-27(2)21(29)9-8-16-11-18-13-24-14-20(28)26-23(18)25-12-16/h5-9,11-12,24H,4,10,13-15H2,1-3H3,(H,25,26,28)/b9-8+. The third-order valence-electron chi connectivity index (χ3n) is 4.78. The van der Waals surface area contributed by atoms with Gasteiger partial charge in [-0.3, -0.25) is 9.59 Å². The predicted octanol–water partition coefficient (Wildman–Crippen LogP) is 2.59. The van der Waals surface area contributed by atoms with Crippen molar-refractivity contribution in [2.45, 2.75) is 26.4 Å². The highest BCUT2D eigenvalue weighted by molar-refractivity contribution is 5.93. The third kappa shape index (κ3) is 5.82. The average Bonchev–Trinajstić information content (AvgIpc) is 2.96. The summed E-state index contributed by atoms with van der Waals surface area (Å²) in [5.41, 5.74) is 2.54. The average molecular weight is 425 g/mol. The van der Waals surface area contributed by atoms with Crippen molar-refractivity contribution in [1.82, 2.24) is 15.2 Å². The van der Waals surface area contributed by atoms with E-state index in [9.17, 15) is 9.59 Å². The van der Waals surface area contributed by atoms with Crippen LogP contribution in [0.25, 0.3) is 6.08 Å². The lowest BCUT2D eigenvalue weighted by Crippen LogP contribution is -2.24. The lowest BCUT2D eigenvalue weighted by atomic mass is 10.1. The van der Waals surface area contributed by atoms with Gasteiger partial charge in [-0.2, -0.15) is 0 Å². The number of hydrogen-bond donors (Lipinski definition) is 2. The Morgan fingerprint density at radius 3 is 2.94 bits per heavy atom. The topological polar surface area (TPSA) is 92.8 Å². The fraction of sp³-hybridized carbons (Fsp3) is 0.348. The number of pyridine rings is 1. The van der Waals surface area contributed by atoms with E-state index in [1.54, 1.807) is 31.3 Å². The number of carbonyl (C=O) groups excluding carboxylic acids is 2. The summed E-state index contributed by atoms with van der Waals surface area (Å²) in [6, 6.07) is 7.57. The van der Waals surface area contributed by atoms with Gasteiger partial charge >= 0.3 is 0 Å². The minimum Gasteiger partial charge on any atom is -0.493 e. The largest absolute Gasteiger partial charge is 0.493 e. The summed E-state index contributed by atoms with van der Waals surface area (Å²) >= 11 is 0. The smallest absolute Gasteiger partial charge is 0.246 e. The number of likely N-dealkylation sites (N-methyl/N-ethyl adjacent to an activating group) is 1. The van der Waals surface area contributed by atoms with Crippen LogP contribution >= 0.6 is 0 Å². The van der Waals surface area contributed by atoms with Crippen molar-refractivity contribution >= 4 is 23.7 Å². The summed E-state index contributed by atoms with van der Waals surface area (Å²) < 4.78 is 11.3. The van der Waals surface area contributed by atoms with Crippen LogP contribution in [-0.4, -0.2) is 49.0 Å². The van der Waals surface area contributed by atoms with Crippen molar-refractivity contribution in [1.29, 1.82) is 0 Å². The summed E-state index contributed by atoms with van der Waals surface area (Å²) in [6.07, 6.45) is 5.74. The molecule has 1 aromatic heterocycles. The molecule has 0 unspecified atom stereocenters. The first-order chi connectivity index (χ1) is 15.0. The van der Waals surface area contributed by atoms with Crippen molar-refractivity contribution in [3.63, 3.8) is 0 Å². The van der Waals surface area contributed by atoms with Gasteiger partial charge in [-0.25, -0.2) is 4.98 Å². The van der Waals surface area contributed by atoms with Gasteiger partial charge in [0.25, 0.3) is 0 Å². The van der Waals surface area contributed by atoms with Gasteiger partial charge in [0.1, 0.15) is 5.82 Å².